The zero-order chi connectivity index (χ0) is 31.6. The van der Waals surface area contributed by atoms with E-state index in [9.17, 15) is 0 Å². The third-order valence-electron chi connectivity index (χ3n) is 9.74. The van der Waals surface area contributed by atoms with E-state index in [0.29, 0.717) is 0 Å². The van der Waals surface area contributed by atoms with Crippen molar-refractivity contribution in [2.45, 2.75) is 67.0 Å². The van der Waals surface area contributed by atoms with Gasteiger partial charge in [0.2, 0.25) is 0 Å². The molecule has 0 N–H and O–H groups in total. The predicted octanol–water partition coefficient (Wildman–Crippen LogP) is 9.20. The van der Waals surface area contributed by atoms with Crippen molar-refractivity contribution in [2.24, 2.45) is 0 Å². The second-order valence-electron chi connectivity index (χ2n) is 15.0. The molecule has 1 aliphatic rings. The van der Waals surface area contributed by atoms with Crippen LogP contribution in [-0.4, -0.2) is 36.2 Å². The molecule has 0 aromatic heterocycles. The number of rotatable bonds is 2. The summed E-state index contributed by atoms with van der Waals surface area (Å²) in [5.74, 6) is 0. The van der Waals surface area contributed by atoms with E-state index in [-0.39, 0.29) is 0 Å². The Labute approximate surface area is 265 Å². The minimum atomic E-state index is -2.25. The molecule has 2 nitrogen and oxygen atoms in total. The summed E-state index contributed by atoms with van der Waals surface area (Å²) in [5, 5.41) is 6.24. The van der Waals surface area contributed by atoms with Crippen LogP contribution < -0.4 is 31.0 Å². The van der Waals surface area contributed by atoms with Crippen molar-refractivity contribution >= 4 is 73.7 Å². The van der Waals surface area contributed by atoms with Crippen LogP contribution in [0.3, 0.4) is 0 Å². The van der Waals surface area contributed by atoms with Gasteiger partial charge < -0.3 is 0 Å². The summed E-state index contributed by atoms with van der Waals surface area (Å²) in [5.41, 5.74) is 10.9. The molecule has 4 aromatic rings. The van der Waals surface area contributed by atoms with Crippen LogP contribution in [0, 0.1) is 27.7 Å². The fourth-order valence-corrected chi connectivity index (χ4v) is 26.1. The molecule has 1 aliphatic heterocycles. The average molecular weight is 643 g/mol. The molecule has 0 saturated carbocycles. The Kier molecular flexibility index (Phi) is 8.45. The van der Waals surface area contributed by atoms with Gasteiger partial charge in [0.05, 0.1) is 0 Å². The van der Waals surface area contributed by atoms with Gasteiger partial charge in [0.25, 0.3) is 0 Å². The second-order valence-corrected chi connectivity index (χ2v) is 41.7. The molecule has 0 spiro atoms. The number of aryl methyl sites for hydroxylation is 4. The number of anilines is 4. The van der Waals surface area contributed by atoms with Gasteiger partial charge in [0.15, 0.2) is 0 Å². The maximum absolute atomic E-state index is 2.68. The van der Waals surface area contributed by atoms with E-state index in [4.69, 9.17) is 0 Å². The van der Waals surface area contributed by atoms with Crippen LogP contribution in [0.4, 0.5) is 22.7 Å². The van der Waals surface area contributed by atoms with E-state index in [2.05, 4.69) is 170 Å². The molecule has 228 valence electrons. The minimum absolute atomic E-state index is 0.585. The van der Waals surface area contributed by atoms with Crippen LogP contribution >= 0.6 is 14.3 Å². The van der Waals surface area contributed by atoms with Crippen molar-refractivity contribution < 1.29 is 0 Å². The van der Waals surface area contributed by atoms with Gasteiger partial charge in [-0.2, -0.15) is 0 Å². The summed E-state index contributed by atoms with van der Waals surface area (Å²) < 4.78 is 0. The molecule has 0 saturated heterocycles. The van der Waals surface area contributed by atoms with Gasteiger partial charge in [-0.1, -0.05) is 0 Å². The molecular formula is C37H52N2P2Si2. The summed E-state index contributed by atoms with van der Waals surface area (Å²) >= 11 is 0. The molecule has 5 rings (SSSR count). The van der Waals surface area contributed by atoms with Gasteiger partial charge in [0.1, 0.15) is 0 Å². The molecule has 1 heterocycles. The average Bonchev–Trinajstić information content (AvgIpc) is 2.90. The molecule has 0 radical (unpaired) electrons. The molecule has 43 heavy (non-hydrogen) atoms. The Balaban J connectivity index is 2.04. The van der Waals surface area contributed by atoms with E-state index in [1.54, 1.807) is 10.6 Å². The normalized spacial score (nSPS) is 17.6. The molecule has 0 unspecified atom stereocenters. The Morgan fingerprint density at radius 3 is 1.16 bits per heavy atom. The molecular weight excluding hydrogens is 591 g/mol. The van der Waals surface area contributed by atoms with Crippen molar-refractivity contribution in [3.63, 3.8) is 0 Å². The number of nitrogens with zero attached hydrogens (tertiary/aromatic N) is 2. The van der Waals surface area contributed by atoms with Crippen molar-refractivity contribution in [3.8, 4) is 0 Å². The predicted molar refractivity (Wildman–Crippen MR) is 207 cm³/mol. The van der Waals surface area contributed by atoms with E-state index in [1.165, 1.54) is 55.6 Å². The molecule has 0 fully saturated rings. The number of benzene rings is 4. The first kappa shape index (κ1) is 32.2. The Bertz CT molecular complexity index is 1590. The standard InChI is InChI=1S/C37H52N2P2Si2/c1-26-14-18-30-34(22-26)40(42(8,9)10)35-23-27(2)15-19-31(35)39(6)33-21-17-29(4)25-37(33)41(7,43(11,12)13)36-24-28(3)16-20-32(36)38(30)5/h14-25,41H,1-13H3. The molecule has 0 amide bonds. The number of hydrogen-bond acceptors (Lipinski definition) is 2. The Hall–Kier alpha value is -2.23. The quantitative estimate of drug-likeness (QED) is 0.159. The maximum atomic E-state index is 2.68. The van der Waals surface area contributed by atoms with Gasteiger partial charge in [0, 0.05) is 0 Å². The van der Waals surface area contributed by atoms with Gasteiger partial charge in [-0.25, -0.2) is 0 Å². The van der Waals surface area contributed by atoms with E-state index in [1.807, 2.05) is 0 Å². The monoisotopic (exact) mass is 642 g/mol. The van der Waals surface area contributed by atoms with E-state index >= 15 is 0 Å². The SMILES string of the molecule is Cc1ccc2c(c1)P([Si](C)(C)C)c1cc(C)ccc1N(C)c1ccc(C)cc1[PH](C)([Si](C)(C)C)c1cc(C)ccc1N2C. The van der Waals surface area contributed by atoms with Crippen molar-refractivity contribution in [1.82, 2.24) is 0 Å². The van der Waals surface area contributed by atoms with Crippen LogP contribution in [0.15, 0.2) is 72.8 Å². The van der Waals surface area contributed by atoms with E-state index in [0.717, 1.165) is 0 Å². The van der Waals surface area contributed by atoms with Crippen molar-refractivity contribution in [2.75, 3.05) is 30.6 Å². The van der Waals surface area contributed by atoms with Crippen LogP contribution in [0.2, 0.25) is 39.3 Å². The third-order valence-corrected chi connectivity index (χ3v) is 34.8. The summed E-state index contributed by atoms with van der Waals surface area (Å²) in [7, 11) is 0.615. The first-order valence-electron chi connectivity index (χ1n) is 15.7. The van der Waals surface area contributed by atoms with Crippen LogP contribution in [0.5, 0.6) is 0 Å². The van der Waals surface area contributed by atoms with Crippen LogP contribution in [-0.2, 0) is 0 Å². The summed E-state index contributed by atoms with van der Waals surface area (Å²) in [4.78, 5) is 5.14. The fourth-order valence-electron chi connectivity index (χ4n) is 6.94. The third kappa shape index (κ3) is 5.59. The van der Waals surface area contributed by atoms with Gasteiger partial charge >= 0.3 is 266 Å². The van der Waals surface area contributed by atoms with Gasteiger partial charge in [-0.15, -0.1) is 0 Å². The molecule has 4 aromatic carbocycles. The first-order chi connectivity index (χ1) is 19.9. The van der Waals surface area contributed by atoms with Crippen molar-refractivity contribution in [3.05, 3.63) is 95.1 Å². The molecule has 0 aliphatic carbocycles. The Morgan fingerprint density at radius 1 is 0.512 bits per heavy atom. The summed E-state index contributed by atoms with van der Waals surface area (Å²) in [6.45, 7) is 25.1. The zero-order valence-corrected chi connectivity index (χ0v) is 32.7. The molecule has 0 bridgehead atoms. The fraction of sp³-hybridized carbons (Fsp3) is 0.351. The van der Waals surface area contributed by atoms with E-state index < -0.39 is 29.8 Å². The van der Waals surface area contributed by atoms with Crippen molar-refractivity contribution in [1.29, 1.82) is 0 Å². The number of hydrogen-bond donors (Lipinski definition) is 0. The summed E-state index contributed by atoms with van der Waals surface area (Å²) in [6.07, 6.45) is 0. The molecule has 0 atom stereocenters. The number of fused-ring (bicyclic) bond motifs is 4. The zero-order valence-electron chi connectivity index (χ0n) is 28.8. The van der Waals surface area contributed by atoms with Gasteiger partial charge in [-0.05, 0) is 0 Å². The van der Waals surface area contributed by atoms with Gasteiger partial charge in [-0.3, -0.25) is 0 Å². The van der Waals surface area contributed by atoms with Crippen LogP contribution in [0.25, 0.3) is 0 Å². The molecule has 6 heteroatoms. The first-order valence-corrected chi connectivity index (χ1v) is 28.3. The van der Waals surface area contributed by atoms with Crippen LogP contribution in [0.1, 0.15) is 22.3 Å². The second kappa shape index (κ2) is 11.3. The summed E-state index contributed by atoms with van der Waals surface area (Å²) in [6, 6.07) is 29.2. The topological polar surface area (TPSA) is 6.48 Å². The Morgan fingerprint density at radius 2 is 0.837 bits per heavy atom.